The van der Waals surface area contributed by atoms with Gasteiger partial charge in [0.15, 0.2) is 0 Å². The molecule has 0 saturated heterocycles. The van der Waals surface area contributed by atoms with Gasteiger partial charge in [-0.25, -0.2) is 5.43 Å². The maximum absolute atomic E-state index is 12.0. The molecule has 5 heteroatoms. The summed E-state index contributed by atoms with van der Waals surface area (Å²) >= 11 is 3.36. The second-order valence-electron chi connectivity index (χ2n) is 5.51. The van der Waals surface area contributed by atoms with E-state index >= 15 is 0 Å². The molecule has 0 atom stereocenters. The van der Waals surface area contributed by atoms with Crippen molar-refractivity contribution in [1.29, 1.82) is 0 Å². The van der Waals surface area contributed by atoms with Gasteiger partial charge < -0.3 is 4.57 Å². The molecule has 0 bridgehead atoms. The van der Waals surface area contributed by atoms with Crippen LogP contribution in [-0.4, -0.2) is 16.7 Å². The third kappa shape index (κ3) is 3.47. The van der Waals surface area contributed by atoms with E-state index in [1.54, 1.807) is 12.3 Å². The Balaban J connectivity index is 1.60. The number of carbonyl (C=O) groups is 1. The van der Waals surface area contributed by atoms with E-state index in [4.69, 9.17) is 0 Å². The molecular weight excluding hydrogens is 342 g/mol. The average Bonchev–Trinajstić information content (AvgIpc) is 3.18. The molecule has 1 aliphatic carbocycles. The number of amides is 1. The summed E-state index contributed by atoms with van der Waals surface area (Å²) in [6, 6.07) is 9.93. The molecule has 0 aliphatic heterocycles. The molecule has 0 spiro atoms. The highest BCUT2D eigenvalue weighted by molar-refractivity contribution is 9.10. The van der Waals surface area contributed by atoms with Crippen molar-refractivity contribution < 1.29 is 4.79 Å². The van der Waals surface area contributed by atoms with Crippen molar-refractivity contribution >= 4 is 28.1 Å². The summed E-state index contributed by atoms with van der Waals surface area (Å²) in [6.07, 6.45) is 11.0. The van der Waals surface area contributed by atoms with Crippen LogP contribution in [0.2, 0.25) is 0 Å². The highest BCUT2D eigenvalue weighted by Gasteiger charge is 2.16. The van der Waals surface area contributed by atoms with E-state index < -0.39 is 0 Å². The first kappa shape index (κ1) is 15.0. The van der Waals surface area contributed by atoms with Gasteiger partial charge in [-0.2, -0.15) is 5.10 Å². The quantitative estimate of drug-likeness (QED) is 0.647. The fourth-order valence-electron chi connectivity index (χ4n) is 2.81. The molecule has 1 aliphatic rings. The molecule has 114 valence electrons. The van der Waals surface area contributed by atoms with E-state index in [2.05, 4.69) is 43.4 Å². The van der Waals surface area contributed by atoms with Gasteiger partial charge >= 0.3 is 0 Å². The van der Waals surface area contributed by atoms with E-state index in [1.807, 2.05) is 24.3 Å². The van der Waals surface area contributed by atoms with Crippen molar-refractivity contribution in [2.45, 2.75) is 31.7 Å². The van der Waals surface area contributed by atoms with Crippen molar-refractivity contribution in [1.82, 2.24) is 9.99 Å². The maximum Gasteiger partial charge on any atom is 0.272 e. The molecule has 0 unspecified atom stereocenters. The molecule has 1 aromatic heterocycles. The van der Waals surface area contributed by atoms with E-state index in [-0.39, 0.29) is 5.91 Å². The smallest absolute Gasteiger partial charge is 0.272 e. The lowest BCUT2D eigenvalue weighted by Crippen LogP contribution is -2.17. The Hall–Kier alpha value is -1.88. The Morgan fingerprint density at radius 3 is 2.82 bits per heavy atom. The van der Waals surface area contributed by atoms with Gasteiger partial charge in [-0.3, -0.25) is 4.79 Å². The largest absolute Gasteiger partial charge is 0.351 e. The van der Waals surface area contributed by atoms with Crippen molar-refractivity contribution in [2.75, 3.05) is 0 Å². The lowest BCUT2D eigenvalue weighted by atomic mass is 10.2. The van der Waals surface area contributed by atoms with Crippen LogP contribution in [-0.2, 0) is 0 Å². The second-order valence-corrected chi connectivity index (χ2v) is 6.36. The third-order valence-corrected chi connectivity index (χ3v) is 4.67. The Bertz CT molecular complexity index is 687. The Kier molecular flexibility index (Phi) is 4.73. The number of nitrogens with zero attached hydrogens (tertiary/aromatic N) is 2. The van der Waals surface area contributed by atoms with Gasteiger partial charge in [0.1, 0.15) is 0 Å². The fraction of sp³-hybridized carbons (Fsp3) is 0.294. The number of rotatable bonds is 4. The van der Waals surface area contributed by atoms with Crippen LogP contribution in [0.3, 0.4) is 0 Å². The van der Waals surface area contributed by atoms with Crippen molar-refractivity contribution in [3.63, 3.8) is 0 Å². The molecule has 1 saturated carbocycles. The van der Waals surface area contributed by atoms with Gasteiger partial charge in [-0.05, 0) is 47.0 Å². The predicted molar refractivity (Wildman–Crippen MR) is 91.1 cm³/mol. The van der Waals surface area contributed by atoms with Crippen LogP contribution < -0.4 is 5.43 Å². The van der Waals surface area contributed by atoms with Crippen LogP contribution in [0, 0.1) is 0 Å². The molecule has 1 heterocycles. The second kappa shape index (κ2) is 6.92. The molecule has 2 aromatic rings. The monoisotopic (exact) mass is 359 g/mol. The van der Waals surface area contributed by atoms with Crippen LogP contribution in [0.5, 0.6) is 0 Å². The molecule has 1 amide bonds. The number of hydrogen-bond donors (Lipinski definition) is 1. The third-order valence-electron chi connectivity index (χ3n) is 3.98. The van der Waals surface area contributed by atoms with Gasteiger partial charge in [0.05, 0.1) is 11.8 Å². The summed E-state index contributed by atoms with van der Waals surface area (Å²) in [5, 5.41) is 4.04. The number of carbonyl (C=O) groups excluding carboxylic acids is 1. The maximum atomic E-state index is 12.0. The van der Waals surface area contributed by atoms with Crippen molar-refractivity contribution in [3.8, 4) is 0 Å². The number of aromatic nitrogens is 1. The van der Waals surface area contributed by atoms with Gasteiger partial charge in [-0.1, -0.05) is 25.0 Å². The van der Waals surface area contributed by atoms with Gasteiger partial charge in [0, 0.05) is 28.5 Å². The summed E-state index contributed by atoms with van der Waals surface area (Å²) in [5.74, 6) is -0.223. The van der Waals surface area contributed by atoms with Crippen LogP contribution >= 0.6 is 15.9 Å². The molecule has 1 aromatic carbocycles. The highest BCUT2D eigenvalue weighted by Crippen LogP contribution is 2.29. The molecule has 4 nitrogen and oxygen atoms in total. The molecule has 1 fully saturated rings. The minimum absolute atomic E-state index is 0.223. The summed E-state index contributed by atoms with van der Waals surface area (Å²) in [4.78, 5) is 12.0. The SMILES string of the molecule is O=C(N/N=C\c1ccn(C2CCCC2)c1)c1ccccc1Br. The van der Waals surface area contributed by atoms with E-state index in [0.29, 0.717) is 11.6 Å². The Morgan fingerprint density at radius 2 is 2.05 bits per heavy atom. The van der Waals surface area contributed by atoms with Crippen LogP contribution in [0.1, 0.15) is 47.6 Å². The number of halogens is 1. The first-order valence-electron chi connectivity index (χ1n) is 7.49. The molecule has 0 radical (unpaired) electrons. The van der Waals surface area contributed by atoms with Crippen LogP contribution in [0.15, 0.2) is 52.3 Å². The van der Waals surface area contributed by atoms with Gasteiger partial charge in [0.2, 0.25) is 0 Å². The first-order valence-corrected chi connectivity index (χ1v) is 8.29. The Morgan fingerprint density at radius 1 is 1.27 bits per heavy atom. The number of hydrazone groups is 1. The van der Waals surface area contributed by atoms with E-state index in [1.165, 1.54) is 25.7 Å². The fourth-order valence-corrected chi connectivity index (χ4v) is 3.27. The Labute approximate surface area is 138 Å². The van der Waals surface area contributed by atoms with E-state index in [0.717, 1.165) is 10.0 Å². The average molecular weight is 360 g/mol. The first-order chi connectivity index (χ1) is 10.7. The van der Waals surface area contributed by atoms with E-state index in [9.17, 15) is 4.79 Å². The zero-order valence-corrected chi connectivity index (χ0v) is 13.8. The zero-order chi connectivity index (χ0) is 15.4. The summed E-state index contributed by atoms with van der Waals surface area (Å²) in [6.45, 7) is 0. The predicted octanol–water partition coefficient (Wildman–Crippen LogP) is 4.13. The standard InChI is InChI=1S/C17H18BrN3O/c18-16-8-4-3-7-15(16)17(22)20-19-11-13-9-10-21(12-13)14-5-1-2-6-14/h3-4,7-12,14H,1-2,5-6H2,(H,20,22)/b19-11-. The van der Waals surface area contributed by atoms with Gasteiger partial charge in [0.25, 0.3) is 5.91 Å². The number of hydrogen-bond acceptors (Lipinski definition) is 2. The van der Waals surface area contributed by atoms with Crippen LogP contribution in [0.25, 0.3) is 0 Å². The molecular formula is C17H18BrN3O. The molecule has 1 N–H and O–H groups in total. The normalized spacial score (nSPS) is 15.5. The summed E-state index contributed by atoms with van der Waals surface area (Å²) in [7, 11) is 0. The minimum atomic E-state index is -0.223. The zero-order valence-electron chi connectivity index (χ0n) is 12.2. The van der Waals surface area contributed by atoms with Gasteiger partial charge in [-0.15, -0.1) is 0 Å². The lowest BCUT2D eigenvalue weighted by molar-refractivity contribution is 0.0954. The summed E-state index contributed by atoms with van der Waals surface area (Å²) < 4.78 is 3.01. The minimum Gasteiger partial charge on any atom is -0.351 e. The number of nitrogens with one attached hydrogen (secondary N) is 1. The topological polar surface area (TPSA) is 46.4 Å². The van der Waals surface area contributed by atoms with Crippen LogP contribution in [0.4, 0.5) is 0 Å². The highest BCUT2D eigenvalue weighted by atomic mass is 79.9. The molecule has 3 rings (SSSR count). The molecule has 22 heavy (non-hydrogen) atoms. The van der Waals surface area contributed by atoms with Crippen molar-refractivity contribution in [2.24, 2.45) is 5.10 Å². The summed E-state index contributed by atoms with van der Waals surface area (Å²) in [5.41, 5.74) is 4.13. The number of benzene rings is 1. The lowest BCUT2D eigenvalue weighted by Gasteiger charge is -2.10. The van der Waals surface area contributed by atoms with Crippen molar-refractivity contribution in [3.05, 3.63) is 58.3 Å².